The third-order valence-corrected chi connectivity index (χ3v) is 6.00. The highest BCUT2D eigenvalue weighted by molar-refractivity contribution is 5.91. The Balaban J connectivity index is 5.01. The largest absolute Gasteiger partial charge is 0.466 e. The zero-order valence-electron chi connectivity index (χ0n) is 22.6. The second-order valence-corrected chi connectivity index (χ2v) is 9.59. The van der Waals surface area contributed by atoms with Gasteiger partial charge in [-0.3, -0.25) is 9.59 Å². The number of nitrogens with zero attached hydrogens (tertiary/aromatic N) is 1. The third kappa shape index (κ3) is 16.3. The lowest BCUT2D eigenvalue weighted by atomic mass is 9.92. The monoisotopic (exact) mass is 499 g/mol. The Labute approximate surface area is 212 Å². The SMILES string of the molecule is CCCCCCCOC(=O)CC(CC(=O)OCCCCCCC)(N=O)C(=O)OCC(C)CCCC. The van der Waals surface area contributed by atoms with Gasteiger partial charge in [0.15, 0.2) is 0 Å². The maximum Gasteiger partial charge on any atom is 0.338 e. The summed E-state index contributed by atoms with van der Waals surface area (Å²) in [5.74, 6) is -2.38. The van der Waals surface area contributed by atoms with E-state index in [4.69, 9.17) is 14.2 Å². The van der Waals surface area contributed by atoms with E-state index in [1.165, 1.54) is 0 Å². The van der Waals surface area contributed by atoms with E-state index >= 15 is 0 Å². The summed E-state index contributed by atoms with van der Waals surface area (Å²) in [7, 11) is 0. The van der Waals surface area contributed by atoms with E-state index in [1.807, 2.05) is 6.92 Å². The molecule has 1 atom stereocenters. The Morgan fingerprint density at radius 1 is 0.686 bits per heavy atom. The van der Waals surface area contributed by atoms with Gasteiger partial charge in [0, 0.05) is 0 Å². The van der Waals surface area contributed by atoms with Crippen LogP contribution in [0.4, 0.5) is 0 Å². The average molecular weight is 500 g/mol. The lowest BCUT2D eigenvalue weighted by Gasteiger charge is -2.23. The highest BCUT2D eigenvalue weighted by atomic mass is 16.5. The van der Waals surface area contributed by atoms with Crippen molar-refractivity contribution in [1.82, 2.24) is 0 Å². The van der Waals surface area contributed by atoms with E-state index in [-0.39, 0.29) is 25.7 Å². The number of esters is 3. The Bertz CT molecular complexity index is 564. The molecule has 204 valence electrons. The van der Waals surface area contributed by atoms with Gasteiger partial charge in [-0.05, 0) is 30.4 Å². The maximum atomic E-state index is 12.9. The topological polar surface area (TPSA) is 108 Å². The van der Waals surface area contributed by atoms with Crippen molar-refractivity contribution in [3.05, 3.63) is 4.91 Å². The average Bonchev–Trinajstić information content (AvgIpc) is 2.84. The first-order chi connectivity index (χ1) is 16.8. The van der Waals surface area contributed by atoms with Crippen molar-refractivity contribution in [2.24, 2.45) is 11.1 Å². The highest BCUT2D eigenvalue weighted by Gasteiger charge is 2.47. The van der Waals surface area contributed by atoms with Crippen LogP contribution in [0.1, 0.15) is 124 Å². The van der Waals surface area contributed by atoms with Crippen LogP contribution in [0.5, 0.6) is 0 Å². The summed E-state index contributed by atoms with van der Waals surface area (Å²) in [5.41, 5.74) is -2.18. The fourth-order valence-corrected chi connectivity index (χ4v) is 3.66. The Kier molecular flexibility index (Phi) is 20.1. The van der Waals surface area contributed by atoms with Gasteiger partial charge in [-0.2, -0.15) is 0 Å². The van der Waals surface area contributed by atoms with Crippen LogP contribution in [0.2, 0.25) is 0 Å². The van der Waals surface area contributed by atoms with Crippen molar-refractivity contribution in [1.29, 1.82) is 0 Å². The molecule has 0 saturated heterocycles. The number of hydrogen-bond acceptors (Lipinski definition) is 8. The van der Waals surface area contributed by atoms with Gasteiger partial charge >= 0.3 is 17.9 Å². The van der Waals surface area contributed by atoms with Crippen LogP contribution in [0.15, 0.2) is 5.18 Å². The van der Waals surface area contributed by atoms with Crippen LogP contribution in [0, 0.1) is 10.8 Å². The molecule has 0 N–H and O–H groups in total. The molecule has 0 bridgehead atoms. The molecule has 0 aromatic heterocycles. The standard InChI is InChI=1S/C27H49NO7/c1-5-8-11-13-15-18-33-24(29)20-27(28-32,26(31)35-22-23(4)17-10-7-3)21-25(30)34-19-16-14-12-9-6-2/h23H,5-22H2,1-4H3. The second-order valence-electron chi connectivity index (χ2n) is 9.59. The maximum absolute atomic E-state index is 12.9. The van der Waals surface area contributed by atoms with E-state index in [2.05, 4.69) is 25.9 Å². The lowest BCUT2D eigenvalue weighted by molar-refractivity contribution is -0.162. The third-order valence-electron chi connectivity index (χ3n) is 6.00. The van der Waals surface area contributed by atoms with Crippen molar-refractivity contribution in [3.8, 4) is 0 Å². The zero-order chi connectivity index (χ0) is 26.4. The van der Waals surface area contributed by atoms with Crippen molar-refractivity contribution in [2.45, 2.75) is 130 Å². The normalized spacial score (nSPS) is 12.1. The molecule has 8 nitrogen and oxygen atoms in total. The van der Waals surface area contributed by atoms with Gasteiger partial charge in [-0.25, -0.2) is 4.79 Å². The van der Waals surface area contributed by atoms with E-state index < -0.39 is 36.3 Å². The minimum atomic E-state index is -2.18. The van der Waals surface area contributed by atoms with Gasteiger partial charge in [0.2, 0.25) is 5.54 Å². The molecular formula is C27H49NO7. The molecule has 0 saturated carbocycles. The Morgan fingerprint density at radius 3 is 1.57 bits per heavy atom. The molecule has 35 heavy (non-hydrogen) atoms. The Hall–Kier alpha value is -1.99. The smallest absolute Gasteiger partial charge is 0.338 e. The quantitative estimate of drug-likeness (QED) is 0.0668. The summed E-state index contributed by atoms with van der Waals surface area (Å²) in [6, 6.07) is 0. The fraction of sp³-hybridized carbons (Fsp3) is 0.889. The molecule has 0 aliphatic carbocycles. The summed E-state index contributed by atoms with van der Waals surface area (Å²) >= 11 is 0. The van der Waals surface area contributed by atoms with Gasteiger partial charge in [0.1, 0.15) is 0 Å². The highest BCUT2D eigenvalue weighted by Crippen LogP contribution is 2.26. The molecule has 0 aromatic rings. The number of unbranched alkanes of at least 4 members (excludes halogenated alkanes) is 9. The summed E-state index contributed by atoms with van der Waals surface area (Å²) < 4.78 is 15.8. The van der Waals surface area contributed by atoms with Crippen LogP contribution in [-0.4, -0.2) is 43.3 Å². The summed E-state index contributed by atoms with van der Waals surface area (Å²) in [5, 5.41) is 2.95. The number of carbonyl (C=O) groups is 3. The van der Waals surface area contributed by atoms with Crippen molar-refractivity contribution in [3.63, 3.8) is 0 Å². The molecule has 0 aromatic carbocycles. The first kappa shape index (κ1) is 33.0. The number of ether oxygens (including phenoxy) is 3. The second kappa shape index (κ2) is 21.3. The van der Waals surface area contributed by atoms with E-state index in [1.54, 1.807) is 0 Å². The van der Waals surface area contributed by atoms with E-state index in [0.717, 1.165) is 70.6 Å². The van der Waals surface area contributed by atoms with Gasteiger partial charge in [-0.1, -0.05) is 91.9 Å². The number of carbonyl (C=O) groups excluding carboxylic acids is 3. The summed E-state index contributed by atoms with van der Waals surface area (Å²) in [6.45, 7) is 8.74. The molecule has 1 unspecified atom stereocenters. The molecule has 0 fully saturated rings. The zero-order valence-corrected chi connectivity index (χ0v) is 22.6. The van der Waals surface area contributed by atoms with Crippen LogP contribution in [0.3, 0.4) is 0 Å². The first-order valence-electron chi connectivity index (χ1n) is 13.7. The van der Waals surface area contributed by atoms with Crippen molar-refractivity contribution < 1.29 is 28.6 Å². The fourth-order valence-electron chi connectivity index (χ4n) is 3.66. The molecule has 0 spiro atoms. The van der Waals surface area contributed by atoms with Crippen LogP contribution in [0.25, 0.3) is 0 Å². The minimum Gasteiger partial charge on any atom is -0.466 e. The van der Waals surface area contributed by atoms with Gasteiger partial charge in [0.25, 0.3) is 0 Å². The molecule has 0 aliphatic heterocycles. The molecule has 0 rings (SSSR count). The van der Waals surface area contributed by atoms with Gasteiger partial charge in [-0.15, -0.1) is 4.91 Å². The molecule has 0 heterocycles. The van der Waals surface area contributed by atoms with Gasteiger partial charge < -0.3 is 14.2 Å². The number of nitroso groups, excluding NO2 is 1. The molecule has 0 aliphatic rings. The predicted molar refractivity (Wildman–Crippen MR) is 137 cm³/mol. The van der Waals surface area contributed by atoms with Gasteiger partial charge in [0.05, 0.1) is 32.7 Å². The van der Waals surface area contributed by atoms with Crippen LogP contribution < -0.4 is 0 Å². The molecule has 0 amide bonds. The predicted octanol–water partition coefficient (Wildman–Crippen LogP) is 6.67. The molecule has 0 radical (unpaired) electrons. The minimum absolute atomic E-state index is 0.0911. The first-order valence-corrected chi connectivity index (χ1v) is 13.7. The number of hydrogen-bond donors (Lipinski definition) is 0. The van der Waals surface area contributed by atoms with Crippen LogP contribution >= 0.6 is 0 Å². The van der Waals surface area contributed by atoms with Crippen LogP contribution in [-0.2, 0) is 28.6 Å². The van der Waals surface area contributed by atoms with E-state index in [0.29, 0.717) is 12.8 Å². The molecule has 8 heteroatoms. The van der Waals surface area contributed by atoms with E-state index in [9.17, 15) is 19.3 Å². The lowest BCUT2D eigenvalue weighted by Crippen LogP contribution is -2.43. The molecular weight excluding hydrogens is 450 g/mol. The Morgan fingerprint density at radius 2 is 1.14 bits per heavy atom. The summed E-state index contributed by atoms with van der Waals surface area (Å²) in [6.07, 6.45) is 11.4. The number of rotatable bonds is 23. The van der Waals surface area contributed by atoms with Crippen molar-refractivity contribution >= 4 is 17.9 Å². The summed E-state index contributed by atoms with van der Waals surface area (Å²) in [4.78, 5) is 49.7. The van der Waals surface area contributed by atoms with Crippen molar-refractivity contribution in [2.75, 3.05) is 19.8 Å².